The predicted molar refractivity (Wildman–Crippen MR) is 436 cm³/mol. The number of carboxylic acid groups (broad SMARTS) is 3. The number of carbonyl (C=O) groups is 18. The van der Waals surface area contributed by atoms with E-state index >= 15 is 0 Å². The third-order valence-corrected chi connectivity index (χ3v) is 20.0. The Labute approximate surface area is 706 Å². The first-order chi connectivity index (χ1) is 57.6. The molecule has 2 heterocycles. The summed E-state index contributed by atoms with van der Waals surface area (Å²) in [5.74, 6) is -20.5. The number of aromatic amines is 1. The summed E-state index contributed by atoms with van der Waals surface area (Å²) in [5.41, 5.74) is 9.25. The molecule has 0 radical (unpaired) electrons. The molecule has 0 bridgehead atoms. The van der Waals surface area contributed by atoms with Crippen molar-refractivity contribution in [1.29, 1.82) is 0 Å². The number of fused-ring (bicyclic) bond motifs is 1. The van der Waals surface area contributed by atoms with Crippen molar-refractivity contribution in [3.8, 4) is 5.75 Å². The number of nitrogens with one attached hydrogen (secondary N) is 15. The van der Waals surface area contributed by atoms with E-state index < -0.39 is 255 Å². The SMILES string of the molecule is CCCN(NC(=O)[C@H]1CCCN1C(=O)[C@@H](NC(=O)[C@@H](NC(=O)[C@H](CC(=O)O)NC(=O)[C@H](CCC(=O)O)NC(C)=O)C(C)C)C(C)C)C(=O)N[C@@H](CO)C(=O)N[C@@H](CCSC)C(=O)N[C@@H](CO)C(=O)N[C@@H](Cc1ccc(O)cc1)C(=O)N[C@H](C(=O)N[C@@H](Cc1c[nH]c2ccccc12)C(=O)N[C@H](C(=O)NCC(=O)N[C@@H](CCCCN)C(=O)O)[C@@H](C)O)[C@@H](C)O. The Balaban J connectivity index is 1.52. The van der Waals surface area contributed by atoms with E-state index in [2.05, 4.69) is 79.5 Å². The van der Waals surface area contributed by atoms with E-state index in [4.69, 9.17) is 5.73 Å². The van der Waals surface area contributed by atoms with Gasteiger partial charge in [0, 0.05) is 56.4 Å². The van der Waals surface area contributed by atoms with E-state index in [1.165, 1.54) is 56.1 Å². The van der Waals surface area contributed by atoms with Crippen molar-refractivity contribution in [2.24, 2.45) is 17.6 Å². The zero-order valence-electron chi connectivity index (χ0n) is 69.3. The van der Waals surface area contributed by atoms with E-state index in [-0.39, 0.29) is 75.2 Å². The number of thioether (sulfide) groups is 1. The van der Waals surface area contributed by atoms with Gasteiger partial charge in [-0.1, -0.05) is 65.0 Å². The molecule has 1 fully saturated rings. The number of H-pyrrole nitrogens is 1. The third kappa shape index (κ3) is 33.0. The minimum absolute atomic E-state index is 0.0247. The molecule has 1 aliphatic rings. The molecule has 676 valence electrons. The van der Waals surface area contributed by atoms with Crippen LogP contribution in [0, 0.1) is 11.8 Å². The maximum absolute atomic E-state index is 14.6. The number of carboxylic acids is 3. The zero-order chi connectivity index (χ0) is 91.4. The fourth-order valence-electron chi connectivity index (χ4n) is 12.7. The Morgan fingerprint density at radius 1 is 0.557 bits per heavy atom. The van der Waals surface area contributed by atoms with Gasteiger partial charge in [-0.2, -0.15) is 11.8 Å². The summed E-state index contributed by atoms with van der Waals surface area (Å²) in [6.07, 6.45) is -2.04. The van der Waals surface area contributed by atoms with E-state index in [0.717, 1.165) is 30.7 Å². The number of aromatic nitrogens is 1. The number of phenols is 1. The van der Waals surface area contributed by atoms with Crippen molar-refractivity contribution in [3.63, 3.8) is 0 Å². The van der Waals surface area contributed by atoms with E-state index in [1.807, 2.05) is 0 Å². The summed E-state index contributed by atoms with van der Waals surface area (Å²) >= 11 is 1.20. The van der Waals surface area contributed by atoms with Gasteiger partial charge in [0.05, 0.1) is 38.4 Å². The van der Waals surface area contributed by atoms with Gasteiger partial charge in [0.25, 0.3) is 5.91 Å². The van der Waals surface area contributed by atoms with Crippen molar-refractivity contribution in [3.05, 3.63) is 65.9 Å². The largest absolute Gasteiger partial charge is 0.508 e. The number of unbranched alkanes of at least 4 members (excludes halogenated alkanes) is 1. The number of hydrogen-bond donors (Lipinski definition) is 24. The number of aliphatic hydroxyl groups excluding tert-OH is 4. The number of carbonyl (C=O) groups excluding carboxylic acids is 15. The summed E-state index contributed by atoms with van der Waals surface area (Å²) < 4.78 is 0. The Bertz CT molecular complexity index is 4130. The Hall–Kier alpha value is -11.8. The van der Waals surface area contributed by atoms with Crippen molar-refractivity contribution in [2.45, 2.75) is 223 Å². The molecule has 0 spiro atoms. The maximum Gasteiger partial charge on any atom is 0.336 e. The van der Waals surface area contributed by atoms with Gasteiger partial charge in [0.2, 0.25) is 76.8 Å². The van der Waals surface area contributed by atoms with E-state index in [9.17, 15) is 127 Å². The molecular weight excluding hydrogens is 1630 g/mol. The van der Waals surface area contributed by atoms with Crippen molar-refractivity contribution >= 4 is 129 Å². The normalized spacial score (nSPS) is 15.9. The van der Waals surface area contributed by atoms with Crippen LogP contribution in [0.15, 0.2) is 54.7 Å². The monoisotopic (exact) mass is 1740 g/mol. The van der Waals surface area contributed by atoms with Crippen LogP contribution in [0.25, 0.3) is 10.9 Å². The first kappa shape index (κ1) is 103. The lowest BCUT2D eigenvalue weighted by Crippen LogP contribution is -2.63. The smallest absolute Gasteiger partial charge is 0.336 e. The van der Waals surface area contributed by atoms with Gasteiger partial charge >= 0.3 is 23.9 Å². The lowest BCUT2D eigenvalue weighted by molar-refractivity contribution is -0.144. The third-order valence-electron chi connectivity index (χ3n) is 19.3. The molecule has 122 heavy (non-hydrogen) atoms. The molecule has 15 atom stereocenters. The van der Waals surface area contributed by atoms with E-state index in [0.29, 0.717) is 29.3 Å². The molecule has 3 aromatic rings. The molecule has 45 heteroatoms. The predicted octanol–water partition coefficient (Wildman–Crippen LogP) is -5.70. The topological polar surface area (TPSA) is 686 Å². The van der Waals surface area contributed by atoms with Crippen LogP contribution in [0.2, 0.25) is 0 Å². The maximum atomic E-state index is 14.6. The van der Waals surface area contributed by atoms with Gasteiger partial charge in [-0.3, -0.25) is 82.1 Å². The Morgan fingerprint density at radius 2 is 1.07 bits per heavy atom. The van der Waals surface area contributed by atoms with E-state index in [1.54, 1.807) is 51.3 Å². The Morgan fingerprint density at radius 3 is 1.61 bits per heavy atom. The second kappa shape index (κ2) is 51.1. The van der Waals surface area contributed by atoms with Gasteiger partial charge in [0.15, 0.2) is 0 Å². The second-order valence-electron chi connectivity index (χ2n) is 29.9. The first-order valence-electron chi connectivity index (χ1n) is 39.6. The summed E-state index contributed by atoms with van der Waals surface area (Å²) in [7, 11) is 0. The van der Waals surface area contributed by atoms with Gasteiger partial charge in [-0.25, -0.2) is 14.6 Å². The molecule has 1 saturated heterocycles. The highest BCUT2D eigenvalue weighted by Gasteiger charge is 2.43. The number of hydrogen-bond acceptors (Lipinski definition) is 25. The number of hydrazine groups is 1. The van der Waals surface area contributed by atoms with Crippen LogP contribution in [0.1, 0.15) is 131 Å². The van der Waals surface area contributed by atoms with Crippen molar-refractivity contribution < 1.29 is 127 Å². The van der Waals surface area contributed by atoms with Crippen LogP contribution in [0.3, 0.4) is 0 Å². The molecule has 0 unspecified atom stereocenters. The van der Waals surface area contributed by atoms with Crippen LogP contribution >= 0.6 is 11.8 Å². The minimum Gasteiger partial charge on any atom is -0.508 e. The lowest BCUT2D eigenvalue weighted by atomic mass is 9.98. The number of rotatable bonds is 51. The fraction of sp³-hybridized carbons (Fsp3) is 0.584. The zero-order valence-corrected chi connectivity index (χ0v) is 70.1. The molecule has 1 aliphatic heterocycles. The first-order valence-corrected chi connectivity index (χ1v) is 41.0. The number of aliphatic carboxylic acids is 3. The molecule has 2 aromatic carbocycles. The number of likely N-dealkylation sites (tertiary alicyclic amines) is 1. The van der Waals surface area contributed by atoms with Gasteiger partial charge in [0.1, 0.15) is 84.3 Å². The molecule has 1 aromatic heterocycles. The fourth-order valence-corrected chi connectivity index (χ4v) is 13.2. The van der Waals surface area contributed by atoms with Crippen LogP contribution in [0.4, 0.5) is 4.79 Å². The van der Waals surface area contributed by atoms with Crippen LogP contribution in [-0.2, 0) is 94.3 Å². The lowest BCUT2D eigenvalue weighted by Gasteiger charge is -2.33. The highest BCUT2D eigenvalue weighted by atomic mass is 32.2. The number of amides is 16. The molecule has 0 aliphatic carbocycles. The van der Waals surface area contributed by atoms with Gasteiger partial charge in [-0.05, 0) is 125 Å². The number of urea groups is 1. The standard InChI is InChI=1S/C77H116N18O26S/c1-10-28-95(93-71(114)56-19-15-29-94(56)75(118)61(39(4)5)90-73(116)60(38(2)3)89-68(111)53(33-59(105)106)85-64(107)48(81-42(8)100)24-25-58(103)104)77(121)88-55(37-97)70(113)83-49(26-30-122-9)65(108)87-54(36-96)69(112)84-51(31-43-20-22-45(101)23-21-43)66(109)92-63(41(7)99)74(117)86-52(32-44-34-79-47-17-12-11-16-46(44)47)67(110)91-62(40(6)98)72(115)80-35-57(102)82-50(76(119)120)18-13-14-27-78/h11-12,16-17,20-23,34,38-41,48-56,60-63,79,96-99,101H,10,13-15,18-19,24-33,35-37,78H2,1-9H3,(H,80,115)(H,81,100)(H,82,102)(H,83,113)(H,84,112)(H,85,107)(H,86,117)(H,87,108)(H,88,121)(H,89,111)(H,90,116)(H,91,110)(H,92,109)(H,93,114)(H,103,104)(H,105,106)(H,119,120)/t40-,41-,48+,49+,50+,51+,52+,53+,54+,55+,56-,60+,61+,62+,63+/m1/s1. The molecule has 0 saturated carbocycles. The van der Waals surface area contributed by atoms with Gasteiger partial charge in [-0.15, -0.1) is 0 Å². The highest BCUT2D eigenvalue weighted by molar-refractivity contribution is 7.98. The van der Waals surface area contributed by atoms with Crippen LogP contribution < -0.4 is 80.3 Å². The van der Waals surface area contributed by atoms with Gasteiger partial charge < -0.3 is 126 Å². The average molecular weight is 1740 g/mol. The quantitative estimate of drug-likeness (QED) is 0.0185. The molecular formula is C77H116N18O26S. The number of nitrogens with zero attached hydrogens (tertiary/aromatic N) is 2. The van der Waals surface area contributed by atoms with Crippen LogP contribution in [-0.4, -0.2) is 305 Å². The minimum atomic E-state index is -1.98. The molecule has 16 amide bonds. The number of nitrogens with two attached hydrogens (primary N) is 1. The Kier molecular flexibility index (Phi) is 42.9. The number of aromatic hydroxyl groups is 1. The number of phenolic OH excluding ortho intramolecular Hbond substituents is 1. The summed E-state index contributed by atoms with van der Waals surface area (Å²) in [4.78, 5) is 248. The summed E-state index contributed by atoms with van der Waals surface area (Å²) in [5, 5.41) is 114. The molecule has 44 nitrogen and oxygen atoms in total. The van der Waals surface area contributed by atoms with Crippen molar-refractivity contribution in [2.75, 3.05) is 51.4 Å². The number of aliphatic hydroxyl groups is 4. The second-order valence-corrected chi connectivity index (χ2v) is 30.8. The highest BCUT2D eigenvalue weighted by Crippen LogP contribution is 2.23. The summed E-state index contributed by atoms with van der Waals surface area (Å²) in [6, 6.07) is -10.7. The average Bonchev–Trinajstić information content (AvgIpc) is 1.66. The number of para-hydroxylation sites is 1. The summed E-state index contributed by atoms with van der Waals surface area (Å²) in [6.45, 7) is 7.95. The molecule has 4 rings (SSSR count). The number of benzene rings is 2. The molecule has 25 N–H and O–H groups in total. The van der Waals surface area contributed by atoms with Crippen LogP contribution in [0.5, 0.6) is 5.75 Å². The van der Waals surface area contributed by atoms with Crippen molar-refractivity contribution in [1.82, 2.24) is 89.4 Å².